The molecule has 0 N–H and O–H groups in total. The van der Waals surface area contributed by atoms with Crippen molar-refractivity contribution in [2.24, 2.45) is 0 Å². The average Bonchev–Trinajstić information content (AvgIpc) is 2.44. The van der Waals surface area contributed by atoms with Crippen LogP contribution in [0.25, 0.3) is 0 Å². The molecule has 0 aromatic rings. The standard InChI is InChI=1S/C12H23BO4/c1-7-9(8-10(14)15-6)13-16-11(2,3)12(4,5)17-13/h9H,7-8H2,1-6H3/t9-/m0/s1. The van der Waals surface area contributed by atoms with Gasteiger partial charge in [-0.1, -0.05) is 13.3 Å². The van der Waals surface area contributed by atoms with Crippen molar-refractivity contribution in [2.45, 2.75) is 64.5 Å². The Bertz CT molecular complexity index is 272. The van der Waals surface area contributed by atoms with Gasteiger partial charge in [0.05, 0.1) is 18.3 Å². The Hall–Kier alpha value is -0.545. The van der Waals surface area contributed by atoms with Gasteiger partial charge in [-0.05, 0) is 27.7 Å². The second-order valence-corrected chi connectivity index (χ2v) is 5.57. The fourth-order valence-electron chi connectivity index (χ4n) is 1.81. The van der Waals surface area contributed by atoms with Gasteiger partial charge in [-0.3, -0.25) is 4.79 Å². The Morgan fingerprint density at radius 3 is 2.06 bits per heavy atom. The fraction of sp³-hybridized carbons (Fsp3) is 0.917. The van der Waals surface area contributed by atoms with Crippen LogP contribution in [0.3, 0.4) is 0 Å². The molecule has 0 radical (unpaired) electrons. The van der Waals surface area contributed by atoms with Gasteiger partial charge in [0.1, 0.15) is 0 Å². The molecule has 0 aliphatic carbocycles. The summed E-state index contributed by atoms with van der Waals surface area (Å²) < 4.78 is 16.6. The van der Waals surface area contributed by atoms with Crippen LogP contribution >= 0.6 is 0 Å². The third-order valence-corrected chi connectivity index (χ3v) is 3.84. The quantitative estimate of drug-likeness (QED) is 0.561. The normalized spacial score (nSPS) is 23.5. The Balaban J connectivity index is 2.71. The van der Waals surface area contributed by atoms with E-state index in [2.05, 4.69) is 0 Å². The van der Waals surface area contributed by atoms with E-state index < -0.39 is 0 Å². The predicted octanol–water partition coefficient (Wildman–Crippen LogP) is 2.42. The number of carbonyl (C=O) groups is 1. The molecule has 98 valence electrons. The Morgan fingerprint density at radius 2 is 1.71 bits per heavy atom. The van der Waals surface area contributed by atoms with E-state index in [1.807, 2.05) is 34.6 Å². The Kier molecular flexibility index (Phi) is 4.26. The summed E-state index contributed by atoms with van der Waals surface area (Å²) in [6, 6.07) is 0. The van der Waals surface area contributed by atoms with Crippen molar-refractivity contribution in [3.8, 4) is 0 Å². The molecular formula is C12H23BO4. The number of carbonyl (C=O) groups excluding carboxylic acids is 1. The highest BCUT2D eigenvalue weighted by Gasteiger charge is 2.53. The maximum absolute atomic E-state index is 11.3. The van der Waals surface area contributed by atoms with Crippen LogP contribution in [-0.2, 0) is 18.8 Å². The second kappa shape index (κ2) is 4.98. The molecule has 1 atom stereocenters. The SMILES string of the molecule is CC[C@@H](CC(=O)OC)B1OC(C)(C)C(C)(C)O1. The van der Waals surface area contributed by atoms with Gasteiger partial charge < -0.3 is 14.0 Å². The first kappa shape index (κ1) is 14.5. The third-order valence-electron chi connectivity index (χ3n) is 3.84. The molecule has 4 nitrogen and oxygen atoms in total. The van der Waals surface area contributed by atoms with Gasteiger partial charge in [0.15, 0.2) is 0 Å². The summed E-state index contributed by atoms with van der Waals surface area (Å²) in [6.07, 6.45) is 1.16. The molecule has 1 saturated heterocycles. The lowest BCUT2D eigenvalue weighted by molar-refractivity contribution is -0.140. The van der Waals surface area contributed by atoms with Crippen LogP contribution in [0.2, 0.25) is 5.82 Å². The predicted molar refractivity (Wildman–Crippen MR) is 66.8 cm³/mol. The van der Waals surface area contributed by atoms with Crippen LogP contribution < -0.4 is 0 Å². The lowest BCUT2D eigenvalue weighted by Crippen LogP contribution is -2.41. The summed E-state index contributed by atoms with van der Waals surface area (Å²) >= 11 is 0. The molecule has 1 rings (SSSR count). The van der Waals surface area contributed by atoms with Gasteiger partial charge in [-0.15, -0.1) is 0 Å². The van der Waals surface area contributed by atoms with E-state index in [1.54, 1.807) is 0 Å². The van der Waals surface area contributed by atoms with E-state index in [9.17, 15) is 4.79 Å². The maximum Gasteiger partial charge on any atom is 0.461 e. The molecule has 1 aliphatic rings. The molecule has 1 aliphatic heterocycles. The van der Waals surface area contributed by atoms with Gasteiger partial charge in [-0.2, -0.15) is 0 Å². The summed E-state index contributed by atoms with van der Waals surface area (Å²) in [5.74, 6) is -0.171. The summed E-state index contributed by atoms with van der Waals surface area (Å²) in [6.45, 7) is 10.1. The molecule has 0 aromatic carbocycles. The van der Waals surface area contributed by atoms with E-state index in [1.165, 1.54) is 7.11 Å². The van der Waals surface area contributed by atoms with Crippen LogP contribution in [0.4, 0.5) is 0 Å². The van der Waals surface area contributed by atoms with Gasteiger partial charge >= 0.3 is 13.1 Å². The van der Waals surface area contributed by atoms with Gasteiger partial charge in [-0.25, -0.2) is 0 Å². The van der Waals surface area contributed by atoms with Gasteiger partial charge in [0.25, 0.3) is 0 Å². The lowest BCUT2D eigenvalue weighted by atomic mass is 9.68. The minimum absolute atomic E-state index is 0.0449. The monoisotopic (exact) mass is 242 g/mol. The third kappa shape index (κ3) is 3.02. The molecule has 17 heavy (non-hydrogen) atoms. The summed E-state index contributed by atoms with van der Waals surface area (Å²) in [4.78, 5) is 11.3. The first-order valence-electron chi connectivity index (χ1n) is 6.16. The van der Waals surface area contributed by atoms with Crippen LogP contribution in [0.5, 0.6) is 0 Å². The molecule has 0 aromatic heterocycles. The van der Waals surface area contributed by atoms with Crippen LogP contribution in [0.1, 0.15) is 47.5 Å². The highest BCUT2D eigenvalue weighted by atomic mass is 16.7. The molecule has 0 amide bonds. The maximum atomic E-state index is 11.3. The molecular weight excluding hydrogens is 219 g/mol. The van der Waals surface area contributed by atoms with Crippen molar-refractivity contribution in [1.29, 1.82) is 0 Å². The first-order chi connectivity index (χ1) is 7.73. The second-order valence-electron chi connectivity index (χ2n) is 5.57. The van der Waals surface area contributed by atoms with Crippen molar-refractivity contribution in [3.05, 3.63) is 0 Å². The van der Waals surface area contributed by atoms with Gasteiger partial charge in [0.2, 0.25) is 0 Å². The topological polar surface area (TPSA) is 44.8 Å². The number of esters is 1. The summed E-state index contributed by atoms with van der Waals surface area (Å²) in [5.41, 5.74) is -0.692. The first-order valence-corrected chi connectivity index (χ1v) is 6.16. The molecule has 5 heteroatoms. The minimum Gasteiger partial charge on any atom is -0.469 e. The molecule has 0 saturated carbocycles. The highest BCUT2D eigenvalue weighted by molar-refractivity contribution is 6.47. The highest BCUT2D eigenvalue weighted by Crippen LogP contribution is 2.41. The summed E-state index contributed by atoms with van der Waals surface area (Å²) in [5, 5.41) is 0. The Labute approximate surface area is 104 Å². The van der Waals surface area contributed by atoms with Crippen molar-refractivity contribution < 1.29 is 18.8 Å². The van der Waals surface area contributed by atoms with E-state index in [0.29, 0.717) is 6.42 Å². The smallest absolute Gasteiger partial charge is 0.461 e. The Morgan fingerprint density at radius 1 is 1.24 bits per heavy atom. The van der Waals surface area contributed by atoms with E-state index >= 15 is 0 Å². The van der Waals surface area contributed by atoms with Crippen LogP contribution in [0, 0.1) is 0 Å². The number of rotatable bonds is 4. The fourth-order valence-corrected chi connectivity index (χ4v) is 1.81. The molecule has 1 heterocycles. The van der Waals surface area contributed by atoms with E-state index in [0.717, 1.165) is 6.42 Å². The number of hydrogen-bond acceptors (Lipinski definition) is 4. The summed E-state index contributed by atoms with van der Waals surface area (Å²) in [7, 11) is 1.07. The van der Waals surface area contributed by atoms with Crippen LogP contribution in [-0.4, -0.2) is 31.4 Å². The molecule has 0 unspecified atom stereocenters. The number of ether oxygens (including phenoxy) is 1. The van der Waals surface area contributed by atoms with Crippen molar-refractivity contribution >= 4 is 13.1 Å². The zero-order valence-corrected chi connectivity index (χ0v) is 11.7. The van der Waals surface area contributed by atoms with Gasteiger partial charge in [0, 0.05) is 12.2 Å². The molecule has 1 fully saturated rings. The molecule has 0 spiro atoms. The lowest BCUT2D eigenvalue weighted by Gasteiger charge is -2.32. The largest absolute Gasteiger partial charge is 0.469 e. The van der Waals surface area contributed by atoms with E-state index in [-0.39, 0.29) is 30.1 Å². The number of hydrogen-bond donors (Lipinski definition) is 0. The van der Waals surface area contributed by atoms with Crippen molar-refractivity contribution in [2.75, 3.05) is 7.11 Å². The average molecular weight is 242 g/mol. The van der Waals surface area contributed by atoms with Crippen LogP contribution in [0.15, 0.2) is 0 Å². The zero-order valence-electron chi connectivity index (χ0n) is 11.7. The minimum atomic E-state index is -0.346. The number of methoxy groups -OCH3 is 1. The van der Waals surface area contributed by atoms with E-state index in [4.69, 9.17) is 14.0 Å². The molecule has 0 bridgehead atoms. The zero-order chi connectivity index (χ0) is 13.3. The van der Waals surface area contributed by atoms with Crippen molar-refractivity contribution in [3.63, 3.8) is 0 Å². The van der Waals surface area contributed by atoms with Crippen molar-refractivity contribution in [1.82, 2.24) is 0 Å².